The Hall–Kier alpha value is -1.83. The zero-order valence-corrected chi connectivity index (χ0v) is 11.2. The van der Waals surface area contributed by atoms with Crippen molar-refractivity contribution in [1.82, 2.24) is 15.2 Å². The van der Waals surface area contributed by atoms with Crippen LogP contribution in [0.2, 0.25) is 0 Å². The normalized spacial score (nSPS) is 17.7. The molecule has 0 atom stereocenters. The van der Waals surface area contributed by atoms with Crippen molar-refractivity contribution in [2.45, 2.75) is 25.1 Å². The molecule has 5 nitrogen and oxygen atoms in total. The van der Waals surface area contributed by atoms with Crippen LogP contribution in [0, 0.1) is 0 Å². The molecule has 2 rings (SSSR count). The number of hydrogen-bond donors (Lipinski definition) is 2. The molecule has 1 fully saturated rings. The van der Waals surface area contributed by atoms with E-state index in [0.717, 1.165) is 0 Å². The van der Waals surface area contributed by atoms with Gasteiger partial charge in [0.2, 0.25) is 5.56 Å². The number of carbonyl (C=O) groups is 1. The smallest absolute Gasteiger partial charge is 0.348 e. The lowest BCUT2D eigenvalue weighted by atomic mass is 10.0. The molecule has 21 heavy (non-hydrogen) atoms. The van der Waals surface area contributed by atoms with E-state index in [1.807, 2.05) is 0 Å². The van der Waals surface area contributed by atoms with Gasteiger partial charge in [-0.05, 0) is 18.9 Å². The Morgan fingerprint density at radius 3 is 2.57 bits per heavy atom. The van der Waals surface area contributed by atoms with E-state index in [-0.39, 0.29) is 30.4 Å². The molecule has 0 aromatic carbocycles. The molecule has 1 saturated heterocycles. The van der Waals surface area contributed by atoms with Crippen molar-refractivity contribution in [3.63, 3.8) is 0 Å². The second kappa shape index (κ2) is 6.30. The lowest BCUT2D eigenvalue weighted by Crippen LogP contribution is -2.47. The van der Waals surface area contributed by atoms with Crippen LogP contribution in [-0.2, 0) is 0 Å². The van der Waals surface area contributed by atoms with Gasteiger partial charge in [-0.25, -0.2) is 0 Å². The summed E-state index contributed by atoms with van der Waals surface area (Å²) in [7, 11) is 0. The number of aromatic nitrogens is 1. The van der Waals surface area contributed by atoms with Gasteiger partial charge in [0.1, 0.15) is 5.69 Å². The number of nitrogens with zero attached hydrogens (tertiary/aromatic N) is 1. The molecule has 0 radical (unpaired) electrons. The molecule has 2 N–H and O–H groups in total. The molecule has 0 bridgehead atoms. The minimum atomic E-state index is -4.19. The molecule has 0 aliphatic carbocycles. The van der Waals surface area contributed by atoms with Crippen molar-refractivity contribution < 1.29 is 18.0 Å². The van der Waals surface area contributed by atoms with Crippen molar-refractivity contribution in [1.29, 1.82) is 0 Å². The van der Waals surface area contributed by atoms with Crippen LogP contribution in [0.4, 0.5) is 13.2 Å². The summed E-state index contributed by atoms with van der Waals surface area (Å²) >= 11 is 0. The monoisotopic (exact) mass is 303 g/mol. The maximum Gasteiger partial charge on any atom is 0.401 e. The minimum Gasteiger partial charge on any atom is -0.348 e. The van der Waals surface area contributed by atoms with E-state index in [1.54, 1.807) is 0 Å². The lowest BCUT2D eigenvalue weighted by molar-refractivity contribution is -0.148. The average Bonchev–Trinajstić information content (AvgIpc) is 2.39. The Kier molecular flexibility index (Phi) is 4.66. The Morgan fingerprint density at radius 1 is 1.33 bits per heavy atom. The van der Waals surface area contributed by atoms with E-state index in [0.29, 0.717) is 12.8 Å². The summed E-state index contributed by atoms with van der Waals surface area (Å²) in [6.45, 7) is -0.342. The fourth-order valence-corrected chi connectivity index (χ4v) is 2.33. The summed E-state index contributed by atoms with van der Waals surface area (Å²) < 4.78 is 36.8. The molecular weight excluding hydrogens is 287 g/mol. The Bertz CT molecular complexity index is 548. The number of aromatic amines is 1. The molecule has 1 aliphatic rings. The number of likely N-dealkylation sites (tertiary alicyclic amines) is 1. The quantitative estimate of drug-likeness (QED) is 0.880. The van der Waals surface area contributed by atoms with Crippen molar-refractivity contribution in [2.24, 2.45) is 0 Å². The van der Waals surface area contributed by atoms with Crippen molar-refractivity contribution in [3.8, 4) is 0 Å². The Balaban J connectivity index is 1.83. The summed E-state index contributed by atoms with van der Waals surface area (Å²) in [5, 5.41) is 2.73. The molecular formula is C13H16F3N3O2. The molecule has 1 aliphatic heterocycles. The third-order valence-electron chi connectivity index (χ3n) is 3.34. The van der Waals surface area contributed by atoms with Crippen LogP contribution in [0.15, 0.2) is 23.0 Å². The van der Waals surface area contributed by atoms with E-state index in [9.17, 15) is 22.8 Å². The van der Waals surface area contributed by atoms with E-state index in [1.165, 1.54) is 23.1 Å². The Labute approximate surface area is 119 Å². The van der Waals surface area contributed by atoms with Gasteiger partial charge < -0.3 is 10.3 Å². The van der Waals surface area contributed by atoms with Crippen LogP contribution in [0.1, 0.15) is 23.3 Å². The highest BCUT2D eigenvalue weighted by Gasteiger charge is 2.32. The van der Waals surface area contributed by atoms with Gasteiger partial charge in [0, 0.05) is 25.2 Å². The van der Waals surface area contributed by atoms with E-state index >= 15 is 0 Å². The molecule has 116 valence electrons. The lowest BCUT2D eigenvalue weighted by Gasteiger charge is -2.32. The molecule has 0 spiro atoms. The van der Waals surface area contributed by atoms with Crippen LogP contribution in [0.5, 0.6) is 0 Å². The van der Waals surface area contributed by atoms with Gasteiger partial charge in [0.05, 0.1) is 6.54 Å². The third-order valence-corrected chi connectivity index (χ3v) is 3.34. The van der Waals surface area contributed by atoms with Gasteiger partial charge in [0.25, 0.3) is 5.91 Å². The first-order valence-corrected chi connectivity index (χ1v) is 6.63. The average molecular weight is 303 g/mol. The van der Waals surface area contributed by atoms with Crippen LogP contribution >= 0.6 is 0 Å². The van der Waals surface area contributed by atoms with Crippen molar-refractivity contribution in [2.75, 3.05) is 19.6 Å². The summed E-state index contributed by atoms with van der Waals surface area (Å²) in [5.41, 5.74) is -0.220. The predicted octanol–water partition coefficient (Wildman–Crippen LogP) is 1.13. The first kappa shape index (κ1) is 15.6. The fraction of sp³-hybridized carbons (Fsp3) is 0.538. The maximum atomic E-state index is 12.3. The first-order chi connectivity index (χ1) is 9.83. The highest BCUT2D eigenvalue weighted by atomic mass is 19.4. The molecule has 0 unspecified atom stereocenters. The zero-order chi connectivity index (χ0) is 15.5. The number of amides is 1. The van der Waals surface area contributed by atoms with Crippen LogP contribution < -0.4 is 10.9 Å². The summed E-state index contributed by atoms with van der Waals surface area (Å²) in [6.07, 6.45) is -3.28. The summed E-state index contributed by atoms with van der Waals surface area (Å²) in [5.74, 6) is -0.415. The topological polar surface area (TPSA) is 65.2 Å². The summed E-state index contributed by atoms with van der Waals surface area (Å²) in [6, 6.07) is 4.08. The summed E-state index contributed by atoms with van der Waals surface area (Å²) in [4.78, 5) is 26.8. The third kappa shape index (κ3) is 4.89. The SMILES string of the molecule is O=C(NC1CCN(CC(F)(F)F)CC1)c1cccc(=O)[nH]1. The number of hydrogen-bond acceptors (Lipinski definition) is 3. The molecule has 8 heteroatoms. The molecule has 0 saturated carbocycles. The van der Waals surface area contributed by atoms with Crippen LogP contribution in [-0.4, -0.2) is 47.6 Å². The van der Waals surface area contributed by atoms with Gasteiger partial charge in [-0.3, -0.25) is 14.5 Å². The highest BCUT2D eigenvalue weighted by Crippen LogP contribution is 2.19. The molecule has 1 amide bonds. The standard InChI is InChI=1S/C13H16F3N3O2/c14-13(15,16)8-19-6-4-9(5-7-19)17-12(21)10-2-1-3-11(20)18-10/h1-3,9H,4-8H2,(H,17,21)(H,18,20). The number of carbonyl (C=O) groups excluding carboxylic acids is 1. The number of pyridine rings is 1. The fourth-order valence-electron chi connectivity index (χ4n) is 2.33. The zero-order valence-electron chi connectivity index (χ0n) is 11.2. The number of H-pyrrole nitrogens is 1. The Morgan fingerprint density at radius 2 is 2.00 bits per heavy atom. The van der Waals surface area contributed by atoms with Crippen molar-refractivity contribution in [3.05, 3.63) is 34.2 Å². The molecule has 2 heterocycles. The second-order valence-corrected chi connectivity index (χ2v) is 5.07. The number of alkyl halides is 3. The minimum absolute atomic E-state index is 0.153. The number of nitrogens with one attached hydrogen (secondary N) is 2. The maximum absolute atomic E-state index is 12.3. The largest absolute Gasteiger partial charge is 0.401 e. The van der Waals surface area contributed by atoms with Crippen molar-refractivity contribution >= 4 is 5.91 Å². The molecule has 1 aromatic heterocycles. The molecule has 1 aromatic rings. The van der Waals surface area contributed by atoms with Gasteiger partial charge >= 0.3 is 6.18 Å². The van der Waals surface area contributed by atoms with Crippen LogP contribution in [0.25, 0.3) is 0 Å². The number of rotatable bonds is 3. The van der Waals surface area contributed by atoms with Gasteiger partial charge in [-0.1, -0.05) is 6.07 Å². The number of halogens is 3. The predicted molar refractivity (Wildman–Crippen MR) is 70.0 cm³/mol. The van der Waals surface area contributed by atoms with Gasteiger partial charge in [0.15, 0.2) is 0 Å². The number of piperidine rings is 1. The van der Waals surface area contributed by atoms with E-state index in [4.69, 9.17) is 0 Å². The van der Waals surface area contributed by atoms with E-state index < -0.39 is 18.6 Å². The first-order valence-electron chi connectivity index (χ1n) is 6.63. The second-order valence-electron chi connectivity index (χ2n) is 5.07. The van der Waals surface area contributed by atoms with E-state index in [2.05, 4.69) is 10.3 Å². The van der Waals surface area contributed by atoms with Gasteiger partial charge in [-0.15, -0.1) is 0 Å². The van der Waals surface area contributed by atoms with Crippen LogP contribution in [0.3, 0.4) is 0 Å². The van der Waals surface area contributed by atoms with Gasteiger partial charge in [-0.2, -0.15) is 13.2 Å². The highest BCUT2D eigenvalue weighted by molar-refractivity contribution is 5.92.